The molecule has 0 aromatic carbocycles. The molecule has 0 aromatic rings. The van der Waals surface area contributed by atoms with E-state index in [1.807, 2.05) is 6.92 Å². The third kappa shape index (κ3) is 4.12. The van der Waals surface area contributed by atoms with Crippen molar-refractivity contribution in [3.05, 3.63) is 0 Å². The normalized spacial score (nSPS) is 10.1. The van der Waals surface area contributed by atoms with Gasteiger partial charge in [-0.3, -0.25) is 0 Å². The first kappa shape index (κ1) is 8.59. The van der Waals surface area contributed by atoms with Gasteiger partial charge in [-0.05, 0) is 6.42 Å². The van der Waals surface area contributed by atoms with Gasteiger partial charge in [0.2, 0.25) is 0 Å². The number of nitrogens with zero attached hydrogens (tertiary/aromatic N) is 1. The quantitative estimate of drug-likeness (QED) is 0.401. The van der Waals surface area contributed by atoms with Crippen LogP contribution in [-0.2, 0) is 9.63 Å². The first-order valence-electron chi connectivity index (χ1n) is 3.07. The number of hydrogen-bond donors (Lipinski definition) is 0. The monoisotopic (exact) mass is 131 g/mol. The average Bonchev–Trinajstić information content (AvgIpc) is 1.88. The van der Waals surface area contributed by atoms with E-state index in [9.17, 15) is 4.79 Å². The lowest BCUT2D eigenvalue weighted by atomic mass is 10.5. The Kier molecular flexibility index (Phi) is 5.46. The maximum atomic E-state index is 9.93. The molecule has 0 atom stereocenters. The molecule has 54 valence electrons. The molecule has 0 fully saturated rings. The smallest absolute Gasteiger partial charge is 0.136 e. The predicted octanol–water partition coefficient (Wildman–Crippen LogP) is 0.459. The molecule has 0 saturated heterocycles. The highest BCUT2D eigenvalue weighted by Crippen LogP contribution is 1.87. The van der Waals surface area contributed by atoms with Crippen LogP contribution in [0.3, 0.4) is 0 Å². The maximum absolute atomic E-state index is 9.93. The van der Waals surface area contributed by atoms with Gasteiger partial charge in [0.25, 0.3) is 0 Å². The Morgan fingerprint density at radius 1 is 1.67 bits per heavy atom. The lowest BCUT2D eigenvalue weighted by Crippen LogP contribution is -2.24. The van der Waals surface area contributed by atoms with Crippen LogP contribution in [0.2, 0.25) is 0 Å². The summed E-state index contributed by atoms with van der Waals surface area (Å²) >= 11 is 0. The highest BCUT2D eigenvalue weighted by atomic mass is 16.7. The number of rotatable bonds is 5. The summed E-state index contributed by atoms with van der Waals surface area (Å²) in [5.74, 6) is 0. The van der Waals surface area contributed by atoms with E-state index >= 15 is 0 Å². The largest absolute Gasteiger partial charge is 0.302 e. The Labute approximate surface area is 55.6 Å². The van der Waals surface area contributed by atoms with Crippen LogP contribution in [0.15, 0.2) is 0 Å². The molecule has 0 heterocycles. The molecule has 0 aliphatic rings. The summed E-state index contributed by atoms with van der Waals surface area (Å²) in [6.45, 7) is 3.22. The number of carbonyl (C=O) groups is 1. The van der Waals surface area contributed by atoms with Gasteiger partial charge in [-0.1, -0.05) is 6.92 Å². The lowest BCUT2D eigenvalue weighted by molar-refractivity contribution is -0.141. The summed E-state index contributed by atoms with van der Waals surface area (Å²) < 4.78 is 0. The second-order valence-electron chi connectivity index (χ2n) is 1.74. The van der Waals surface area contributed by atoms with Gasteiger partial charge in [-0.15, -0.1) is 0 Å². The third-order valence-corrected chi connectivity index (χ3v) is 1.01. The van der Waals surface area contributed by atoms with Crippen LogP contribution in [0.1, 0.15) is 13.3 Å². The summed E-state index contributed by atoms with van der Waals surface area (Å²) in [6, 6.07) is 0. The minimum Gasteiger partial charge on any atom is -0.302 e. The summed E-state index contributed by atoms with van der Waals surface area (Å²) in [5, 5.41) is 1.62. The Hall–Kier alpha value is -0.410. The second kappa shape index (κ2) is 5.72. The molecule has 0 unspecified atom stereocenters. The predicted molar refractivity (Wildman–Crippen MR) is 34.9 cm³/mol. The van der Waals surface area contributed by atoms with E-state index in [1.54, 1.807) is 12.2 Å². The molecule has 0 amide bonds. The number of hydroxylamine groups is 2. The molecule has 0 bridgehead atoms. The van der Waals surface area contributed by atoms with Crippen LogP contribution in [0.25, 0.3) is 0 Å². The van der Waals surface area contributed by atoms with Crippen molar-refractivity contribution in [2.45, 2.75) is 13.3 Å². The summed E-state index contributed by atoms with van der Waals surface area (Å²) in [6.07, 6.45) is 1.83. The van der Waals surface area contributed by atoms with Crippen molar-refractivity contribution in [3.63, 3.8) is 0 Å². The minimum atomic E-state index is 0.365. The van der Waals surface area contributed by atoms with Crippen molar-refractivity contribution in [1.82, 2.24) is 5.06 Å². The standard InChI is InChI=1S/C6H13NO2/c1-3-4-7(9-2)5-6-8/h6H,3-5H2,1-2H3. The average molecular weight is 131 g/mol. The van der Waals surface area contributed by atoms with E-state index in [0.717, 1.165) is 19.3 Å². The van der Waals surface area contributed by atoms with Crippen LogP contribution in [0.5, 0.6) is 0 Å². The SMILES string of the molecule is CCCN(CC=O)OC. The highest BCUT2D eigenvalue weighted by Gasteiger charge is 1.97. The molecule has 9 heavy (non-hydrogen) atoms. The van der Waals surface area contributed by atoms with Gasteiger partial charge < -0.3 is 9.63 Å². The Morgan fingerprint density at radius 2 is 2.33 bits per heavy atom. The van der Waals surface area contributed by atoms with E-state index in [-0.39, 0.29) is 0 Å². The molecule has 3 heteroatoms. The van der Waals surface area contributed by atoms with Crippen molar-refractivity contribution < 1.29 is 9.63 Å². The van der Waals surface area contributed by atoms with Gasteiger partial charge in [0.15, 0.2) is 0 Å². The zero-order valence-corrected chi connectivity index (χ0v) is 5.96. The molecule has 0 aromatic heterocycles. The van der Waals surface area contributed by atoms with Crippen LogP contribution in [-0.4, -0.2) is 31.5 Å². The topological polar surface area (TPSA) is 29.5 Å². The van der Waals surface area contributed by atoms with Crippen molar-refractivity contribution in [2.75, 3.05) is 20.2 Å². The molecule has 3 nitrogen and oxygen atoms in total. The fourth-order valence-corrected chi connectivity index (χ4v) is 0.590. The lowest BCUT2D eigenvalue weighted by Gasteiger charge is -2.14. The van der Waals surface area contributed by atoms with Gasteiger partial charge in [0.05, 0.1) is 13.7 Å². The van der Waals surface area contributed by atoms with E-state index in [1.165, 1.54) is 0 Å². The van der Waals surface area contributed by atoms with Gasteiger partial charge in [-0.2, -0.15) is 5.06 Å². The zero-order valence-electron chi connectivity index (χ0n) is 5.96. The van der Waals surface area contributed by atoms with Crippen LogP contribution in [0, 0.1) is 0 Å². The fraction of sp³-hybridized carbons (Fsp3) is 0.833. The van der Waals surface area contributed by atoms with Gasteiger partial charge in [-0.25, -0.2) is 0 Å². The third-order valence-electron chi connectivity index (χ3n) is 1.01. The summed E-state index contributed by atoms with van der Waals surface area (Å²) in [7, 11) is 1.57. The Balaban J connectivity index is 3.28. The molecule has 0 aliphatic carbocycles. The fourth-order valence-electron chi connectivity index (χ4n) is 0.590. The van der Waals surface area contributed by atoms with E-state index in [0.29, 0.717) is 6.54 Å². The van der Waals surface area contributed by atoms with Crippen LogP contribution >= 0.6 is 0 Å². The van der Waals surface area contributed by atoms with Gasteiger partial charge in [0, 0.05) is 6.54 Å². The zero-order chi connectivity index (χ0) is 7.11. The number of aldehydes is 1. The molecule has 0 aliphatic heterocycles. The van der Waals surface area contributed by atoms with E-state index in [4.69, 9.17) is 4.84 Å². The second-order valence-corrected chi connectivity index (χ2v) is 1.74. The van der Waals surface area contributed by atoms with Crippen LogP contribution in [0.4, 0.5) is 0 Å². The first-order valence-corrected chi connectivity index (χ1v) is 3.07. The summed E-state index contributed by atoms with van der Waals surface area (Å²) in [4.78, 5) is 14.8. The molecular weight excluding hydrogens is 118 g/mol. The van der Waals surface area contributed by atoms with E-state index < -0.39 is 0 Å². The van der Waals surface area contributed by atoms with Crippen molar-refractivity contribution in [1.29, 1.82) is 0 Å². The molecule has 0 radical (unpaired) electrons. The number of carbonyl (C=O) groups excluding carboxylic acids is 1. The summed E-state index contributed by atoms with van der Waals surface area (Å²) in [5.41, 5.74) is 0. The Morgan fingerprint density at radius 3 is 2.67 bits per heavy atom. The van der Waals surface area contributed by atoms with Gasteiger partial charge >= 0.3 is 0 Å². The van der Waals surface area contributed by atoms with Crippen LogP contribution < -0.4 is 0 Å². The molecular formula is C6H13NO2. The van der Waals surface area contributed by atoms with Crippen molar-refractivity contribution in [2.24, 2.45) is 0 Å². The molecule has 0 saturated carbocycles. The number of hydrogen-bond acceptors (Lipinski definition) is 3. The molecule has 0 rings (SSSR count). The minimum absolute atomic E-state index is 0.365. The van der Waals surface area contributed by atoms with Gasteiger partial charge in [0.1, 0.15) is 6.29 Å². The van der Waals surface area contributed by atoms with Crippen molar-refractivity contribution >= 4 is 6.29 Å². The maximum Gasteiger partial charge on any atom is 0.136 e. The van der Waals surface area contributed by atoms with E-state index in [2.05, 4.69) is 0 Å². The first-order chi connectivity index (χ1) is 4.35. The Bertz CT molecular complexity index is 75.5. The molecule has 0 N–H and O–H groups in total. The molecule has 0 spiro atoms. The highest BCUT2D eigenvalue weighted by molar-refractivity contribution is 5.51. The van der Waals surface area contributed by atoms with Crippen molar-refractivity contribution in [3.8, 4) is 0 Å².